The van der Waals surface area contributed by atoms with E-state index >= 15 is 0 Å². The lowest BCUT2D eigenvalue weighted by Crippen LogP contribution is -2.31. The molecule has 0 amide bonds. The van der Waals surface area contributed by atoms with Crippen LogP contribution < -0.4 is 11.1 Å². The number of nitrogens with zero attached hydrogens (tertiary/aromatic N) is 2. The second kappa shape index (κ2) is 4.81. The van der Waals surface area contributed by atoms with E-state index in [0.717, 1.165) is 12.2 Å². The molecule has 3 N–H and O–H groups in total. The SMILES string of the molecule is CC(CNc1cccnc1N)N(C)C. The van der Waals surface area contributed by atoms with Crippen LogP contribution in [-0.2, 0) is 0 Å². The highest BCUT2D eigenvalue weighted by Gasteiger charge is 2.04. The van der Waals surface area contributed by atoms with Crippen molar-refractivity contribution in [3.05, 3.63) is 18.3 Å². The Hall–Kier alpha value is -1.29. The zero-order chi connectivity index (χ0) is 10.6. The minimum Gasteiger partial charge on any atom is -0.382 e. The molecule has 1 unspecified atom stereocenters. The number of nitrogens with two attached hydrogens (primary N) is 1. The van der Waals surface area contributed by atoms with E-state index in [1.807, 2.05) is 12.1 Å². The predicted octanol–water partition coefficient (Wildman–Crippen LogP) is 1.03. The van der Waals surface area contributed by atoms with Crippen molar-refractivity contribution in [1.82, 2.24) is 9.88 Å². The molecule has 0 aliphatic heterocycles. The molecule has 0 aliphatic carbocycles. The van der Waals surface area contributed by atoms with Gasteiger partial charge in [-0.25, -0.2) is 4.98 Å². The zero-order valence-corrected chi connectivity index (χ0v) is 8.99. The first kappa shape index (κ1) is 10.8. The largest absolute Gasteiger partial charge is 0.382 e. The van der Waals surface area contributed by atoms with Gasteiger partial charge in [0.25, 0.3) is 0 Å². The summed E-state index contributed by atoms with van der Waals surface area (Å²) in [4.78, 5) is 6.16. The van der Waals surface area contributed by atoms with Crippen LogP contribution >= 0.6 is 0 Å². The summed E-state index contributed by atoms with van der Waals surface area (Å²) in [7, 11) is 4.11. The van der Waals surface area contributed by atoms with Crippen molar-refractivity contribution in [2.75, 3.05) is 31.7 Å². The van der Waals surface area contributed by atoms with E-state index in [-0.39, 0.29) is 0 Å². The van der Waals surface area contributed by atoms with Gasteiger partial charge < -0.3 is 16.0 Å². The number of anilines is 2. The molecule has 4 nitrogen and oxygen atoms in total. The van der Waals surface area contributed by atoms with E-state index in [1.165, 1.54) is 0 Å². The maximum atomic E-state index is 5.70. The molecule has 0 spiro atoms. The first-order chi connectivity index (χ1) is 6.61. The van der Waals surface area contributed by atoms with E-state index in [2.05, 4.69) is 36.2 Å². The van der Waals surface area contributed by atoms with Crippen LogP contribution in [0.1, 0.15) is 6.92 Å². The van der Waals surface area contributed by atoms with Gasteiger partial charge in [0.2, 0.25) is 0 Å². The van der Waals surface area contributed by atoms with Crippen LogP contribution in [0.25, 0.3) is 0 Å². The fraction of sp³-hybridized carbons (Fsp3) is 0.500. The Balaban J connectivity index is 2.50. The molecule has 4 heteroatoms. The van der Waals surface area contributed by atoms with E-state index in [0.29, 0.717) is 11.9 Å². The van der Waals surface area contributed by atoms with E-state index in [1.54, 1.807) is 6.20 Å². The molecule has 0 saturated carbocycles. The lowest BCUT2D eigenvalue weighted by atomic mass is 10.3. The second-order valence-electron chi connectivity index (χ2n) is 3.63. The summed E-state index contributed by atoms with van der Waals surface area (Å²) in [6.07, 6.45) is 1.69. The number of pyridine rings is 1. The molecule has 0 saturated heterocycles. The number of hydrogen-bond donors (Lipinski definition) is 2. The normalized spacial score (nSPS) is 12.9. The second-order valence-corrected chi connectivity index (χ2v) is 3.63. The number of nitrogen functional groups attached to an aromatic ring is 1. The van der Waals surface area contributed by atoms with E-state index in [9.17, 15) is 0 Å². The van der Waals surface area contributed by atoms with Crippen LogP contribution in [0.4, 0.5) is 11.5 Å². The highest BCUT2D eigenvalue weighted by atomic mass is 15.1. The van der Waals surface area contributed by atoms with Crippen molar-refractivity contribution in [3.8, 4) is 0 Å². The molecule has 1 atom stereocenters. The topological polar surface area (TPSA) is 54.2 Å². The Morgan fingerprint density at radius 3 is 2.86 bits per heavy atom. The smallest absolute Gasteiger partial charge is 0.146 e. The molecule has 0 aliphatic rings. The number of rotatable bonds is 4. The average Bonchev–Trinajstić information content (AvgIpc) is 2.16. The zero-order valence-electron chi connectivity index (χ0n) is 8.99. The third kappa shape index (κ3) is 2.88. The summed E-state index contributed by atoms with van der Waals surface area (Å²) >= 11 is 0. The number of hydrogen-bond acceptors (Lipinski definition) is 4. The van der Waals surface area contributed by atoms with Crippen LogP contribution in [0, 0.1) is 0 Å². The van der Waals surface area contributed by atoms with Crippen LogP contribution in [0.3, 0.4) is 0 Å². The first-order valence-corrected chi connectivity index (χ1v) is 4.72. The molecule has 1 aromatic rings. The van der Waals surface area contributed by atoms with E-state index in [4.69, 9.17) is 5.73 Å². The summed E-state index contributed by atoms with van der Waals surface area (Å²) in [6, 6.07) is 4.28. The summed E-state index contributed by atoms with van der Waals surface area (Å²) in [5.74, 6) is 0.554. The van der Waals surface area contributed by atoms with Crippen molar-refractivity contribution in [2.24, 2.45) is 0 Å². The lowest BCUT2D eigenvalue weighted by molar-refractivity contribution is 0.326. The fourth-order valence-corrected chi connectivity index (χ4v) is 1.01. The summed E-state index contributed by atoms with van der Waals surface area (Å²) in [5, 5.41) is 3.26. The minimum absolute atomic E-state index is 0.467. The fourth-order valence-electron chi connectivity index (χ4n) is 1.01. The minimum atomic E-state index is 0.467. The third-order valence-electron chi connectivity index (χ3n) is 2.31. The summed E-state index contributed by atoms with van der Waals surface area (Å²) in [5.41, 5.74) is 6.60. The molecule has 0 fully saturated rings. The van der Waals surface area contributed by atoms with Gasteiger partial charge in [-0.05, 0) is 33.2 Å². The van der Waals surface area contributed by atoms with Gasteiger partial charge in [0.05, 0.1) is 5.69 Å². The summed E-state index contributed by atoms with van der Waals surface area (Å²) in [6.45, 7) is 3.02. The monoisotopic (exact) mass is 194 g/mol. The number of nitrogens with one attached hydrogen (secondary N) is 1. The van der Waals surface area contributed by atoms with E-state index < -0.39 is 0 Å². The Labute approximate surface area is 85.1 Å². The maximum Gasteiger partial charge on any atom is 0.146 e. The lowest BCUT2D eigenvalue weighted by Gasteiger charge is -2.20. The summed E-state index contributed by atoms with van der Waals surface area (Å²) < 4.78 is 0. The highest BCUT2D eigenvalue weighted by Crippen LogP contribution is 2.13. The molecule has 1 heterocycles. The van der Waals surface area contributed by atoms with Crippen LogP contribution in [0.5, 0.6) is 0 Å². The highest BCUT2D eigenvalue weighted by molar-refractivity contribution is 5.60. The molecule has 78 valence electrons. The quantitative estimate of drug-likeness (QED) is 0.751. The molecule has 0 aromatic carbocycles. The Kier molecular flexibility index (Phi) is 3.71. The average molecular weight is 194 g/mol. The molecular formula is C10H18N4. The molecule has 14 heavy (non-hydrogen) atoms. The molecule has 1 rings (SSSR count). The van der Waals surface area contributed by atoms with Crippen LogP contribution in [0.15, 0.2) is 18.3 Å². The predicted molar refractivity (Wildman–Crippen MR) is 60.3 cm³/mol. The first-order valence-electron chi connectivity index (χ1n) is 4.72. The third-order valence-corrected chi connectivity index (χ3v) is 2.31. The van der Waals surface area contributed by atoms with Gasteiger partial charge in [0.15, 0.2) is 0 Å². The Morgan fingerprint density at radius 2 is 2.29 bits per heavy atom. The Bertz CT molecular complexity index is 285. The van der Waals surface area contributed by atoms with Gasteiger partial charge in [-0.1, -0.05) is 0 Å². The molecule has 0 radical (unpaired) electrons. The molecule has 1 aromatic heterocycles. The van der Waals surface area contributed by atoms with Gasteiger partial charge in [0, 0.05) is 18.8 Å². The van der Waals surface area contributed by atoms with Crippen molar-refractivity contribution >= 4 is 11.5 Å². The maximum absolute atomic E-state index is 5.70. The van der Waals surface area contributed by atoms with Crippen LogP contribution in [-0.4, -0.2) is 36.6 Å². The van der Waals surface area contributed by atoms with Crippen molar-refractivity contribution < 1.29 is 0 Å². The van der Waals surface area contributed by atoms with Gasteiger partial charge in [-0.2, -0.15) is 0 Å². The van der Waals surface area contributed by atoms with Crippen molar-refractivity contribution in [1.29, 1.82) is 0 Å². The number of likely N-dealkylation sites (N-methyl/N-ethyl adjacent to an activating group) is 1. The molecule has 0 bridgehead atoms. The van der Waals surface area contributed by atoms with Crippen molar-refractivity contribution in [2.45, 2.75) is 13.0 Å². The van der Waals surface area contributed by atoms with Gasteiger partial charge in [0.1, 0.15) is 5.82 Å². The molecular weight excluding hydrogens is 176 g/mol. The van der Waals surface area contributed by atoms with Gasteiger partial charge in [-0.3, -0.25) is 0 Å². The van der Waals surface area contributed by atoms with Crippen molar-refractivity contribution in [3.63, 3.8) is 0 Å². The van der Waals surface area contributed by atoms with Gasteiger partial charge >= 0.3 is 0 Å². The van der Waals surface area contributed by atoms with Crippen LogP contribution in [0.2, 0.25) is 0 Å². The number of aromatic nitrogens is 1. The Morgan fingerprint density at radius 1 is 1.57 bits per heavy atom. The standard InChI is InChI=1S/C10H18N4/c1-8(14(2)3)7-13-9-5-4-6-12-10(9)11/h4-6,8,13H,7H2,1-3H3,(H2,11,12). The van der Waals surface area contributed by atoms with Gasteiger partial charge in [-0.15, -0.1) is 0 Å².